The van der Waals surface area contributed by atoms with E-state index in [1.165, 1.54) is 0 Å². The first kappa shape index (κ1) is 17.6. The summed E-state index contributed by atoms with van der Waals surface area (Å²) >= 11 is 0. The summed E-state index contributed by atoms with van der Waals surface area (Å²) in [6, 6.07) is 25.5. The third-order valence-electron chi connectivity index (χ3n) is 4.27. The molecule has 0 fully saturated rings. The maximum absolute atomic E-state index is 12.6. The average molecular weight is 369 g/mol. The lowest BCUT2D eigenvalue weighted by molar-refractivity contribution is 0.0992. The van der Waals surface area contributed by atoms with Gasteiger partial charge in [0.1, 0.15) is 5.49 Å². The van der Waals surface area contributed by atoms with E-state index in [0.717, 1.165) is 11.1 Å². The van der Waals surface area contributed by atoms with Gasteiger partial charge in [0.25, 0.3) is 0 Å². The van der Waals surface area contributed by atoms with Gasteiger partial charge >= 0.3 is 5.91 Å². The van der Waals surface area contributed by atoms with Crippen LogP contribution in [-0.4, -0.2) is 25.5 Å². The van der Waals surface area contributed by atoms with Gasteiger partial charge < -0.3 is 4.57 Å². The maximum atomic E-state index is 12.6. The summed E-state index contributed by atoms with van der Waals surface area (Å²) in [7, 11) is 0. The van der Waals surface area contributed by atoms with Crippen LogP contribution in [0.25, 0.3) is 0 Å². The van der Waals surface area contributed by atoms with Crippen LogP contribution >= 0.6 is 0 Å². The quantitative estimate of drug-likeness (QED) is 0.543. The van der Waals surface area contributed by atoms with Crippen LogP contribution in [0.2, 0.25) is 0 Å². The van der Waals surface area contributed by atoms with Crippen LogP contribution in [-0.2, 0) is 13.1 Å². The van der Waals surface area contributed by atoms with Crippen LogP contribution in [0.4, 0.5) is 0 Å². The highest BCUT2D eigenvalue weighted by Gasteiger charge is 2.10. The number of rotatable bonds is 5. The molecule has 0 N–H and O–H groups in total. The minimum Gasteiger partial charge on any atom is -0.328 e. The van der Waals surface area contributed by atoms with Crippen LogP contribution < -0.4 is 5.49 Å². The molecule has 0 bridgehead atoms. The van der Waals surface area contributed by atoms with Crippen molar-refractivity contribution < 1.29 is 4.79 Å². The second-order valence-electron chi connectivity index (χ2n) is 6.38. The highest BCUT2D eigenvalue weighted by atomic mass is 16.1. The Balaban J connectivity index is 1.56. The van der Waals surface area contributed by atoms with Gasteiger partial charge in [-0.2, -0.15) is 4.99 Å². The van der Waals surface area contributed by atoms with E-state index in [1.54, 1.807) is 10.9 Å². The molecule has 1 amide bonds. The van der Waals surface area contributed by atoms with Gasteiger partial charge in [0.2, 0.25) is 0 Å². The second kappa shape index (κ2) is 8.26. The van der Waals surface area contributed by atoms with Crippen molar-refractivity contribution in [2.45, 2.75) is 13.1 Å². The molecule has 4 rings (SSSR count). The number of aromatic nitrogens is 4. The van der Waals surface area contributed by atoms with Crippen LogP contribution in [0.1, 0.15) is 21.6 Å². The normalized spacial score (nSPS) is 11.5. The standard InChI is InChI=1S/C22H19N5O/c28-22(20-17-27(25-24-20)16-19-11-5-2-6-12-19)23-21-13-7-8-14-26(21)15-18-9-3-1-4-10-18/h1-14,17H,15-16H2. The molecule has 2 aromatic carbocycles. The number of carbonyl (C=O) groups excluding carboxylic acids is 1. The Morgan fingerprint density at radius 2 is 1.46 bits per heavy atom. The van der Waals surface area contributed by atoms with Crippen molar-refractivity contribution in [3.05, 3.63) is 114 Å². The number of amides is 1. The van der Waals surface area contributed by atoms with Crippen LogP contribution in [0.15, 0.2) is 96.2 Å². The lowest BCUT2D eigenvalue weighted by Gasteiger charge is -2.06. The van der Waals surface area contributed by atoms with E-state index in [0.29, 0.717) is 18.6 Å². The van der Waals surface area contributed by atoms with E-state index in [-0.39, 0.29) is 5.69 Å². The fraction of sp³-hybridized carbons (Fsp3) is 0.0909. The van der Waals surface area contributed by atoms with E-state index in [1.807, 2.05) is 89.6 Å². The molecule has 0 spiro atoms. The summed E-state index contributed by atoms with van der Waals surface area (Å²) in [5, 5.41) is 8.03. The predicted molar refractivity (Wildman–Crippen MR) is 105 cm³/mol. The molecule has 0 saturated carbocycles. The van der Waals surface area contributed by atoms with Crippen molar-refractivity contribution in [1.29, 1.82) is 0 Å². The Labute approximate surface area is 162 Å². The van der Waals surface area contributed by atoms with E-state index in [2.05, 4.69) is 15.3 Å². The molecule has 0 radical (unpaired) electrons. The first-order valence-corrected chi connectivity index (χ1v) is 9.00. The minimum absolute atomic E-state index is 0.228. The van der Waals surface area contributed by atoms with E-state index >= 15 is 0 Å². The molecule has 0 aliphatic carbocycles. The molecular weight excluding hydrogens is 350 g/mol. The van der Waals surface area contributed by atoms with Crippen molar-refractivity contribution in [3.8, 4) is 0 Å². The van der Waals surface area contributed by atoms with Gasteiger partial charge in [-0.3, -0.25) is 4.79 Å². The maximum Gasteiger partial charge on any atom is 0.301 e. The van der Waals surface area contributed by atoms with Crippen molar-refractivity contribution in [3.63, 3.8) is 0 Å². The highest BCUT2D eigenvalue weighted by molar-refractivity contribution is 5.92. The Morgan fingerprint density at radius 1 is 0.821 bits per heavy atom. The number of nitrogens with zero attached hydrogens (tertiary/aromatic N) is 5. The average Bonchev–Trinajstić information content (AvgIpc) is 3.20. The van der Waals surface area contributed by atoms with Gasteiger partial charge in [-0.25, -0.2) is 4.68 Å². The first-order valence-electron chi connectivity index (χ1n) is 9.00. The molecule has 0 aliphatic heterocycles. The summed E-state index contributed by atoms with van der Waals surface area (Å²) in [6.45, 7) is 1.19. The second-order valence-corrected chi connectivity index (χ2v) is 6.38. The molecule has 6 nitrogen and oxygen atoms in total. The Morgan fingerprint density at radius 3 is 2.18 bits per heavy atom. The monoisotopic (exact) mass is 369 g/mol. The zero-order chi connectivity index (χ0) is 19.2. The van der Waals surface area contributed by atoms with Gasteiger partial charge in [0.15, 0.2) is 5.69 Å². The largest absolute Gasteiger partial charge is 0.328 e. The van der Waals surface area contributed by atoms with Gasteiger partial charge in [0.05, 0.1) is 12.7 Å². The number of benzene rings is 2. The molecule has 28 heavy (non-hydrogen) atoms. The van der Waals surface area contributed by atoms with Crippen molar-refractivity contribution in [1.82, 2.24) is 19.6 Å². The summed E-state index contributed by atoms with van der Waals surface area (Å²) in [5.74, 6) is -0.410. The van der Waals surface area contributed by atoms with Crippen molar-refractivity contribution >= 4 is 5.91 Å². The summed E-state index contributed by atoms with van der Waals surface area (Å²) < 4.78 is 3.57. The molecule has 2 aromatic heterocycles. The highest BCUT2D eigenvalue weighted by Crippen LogP contribution is 2.04. The smallest absolute Gasteiger partial charge is 0.301 e. The third kappa shape index (κ3) is 4.29. The minimum atomic E-state index is -0.410. The van der Waals surface area contributed by atoms with Gasteiger partial charge in [0, 0.05) is 12.7 Å². The lowest BCUT2D eigenvalue weighted by Crippen LogP contribution is -2.22. The molecule has 4 aromatic rings. The SMILES string of the molecule is O=C(N=c1ccccn1Cc1ccccc1)c1cn(Cc2ccccc2)nn1. The number of carbonyl (C=O) groups is 1. The lowest BCUT2D eigenvalue weighted by atomic mass is 10.2. The van der Waals surface area contributed by atoms with Gasteiger partial charge in [-0.15, -0.1) is 5.10 Å². The summed E-state index contributed by atoms with van der Waals surface area (Å²) in [6.07, 6.45) is 3.54. The summed E-state index contributed by atoms with van der Waals surface area (Å²) in [4.78, 5) is 16.8. The summed E-state index contributed by atoms with van der Waals surface area (Å²) in [5.41, 5.74) is 3.03. The Bertz CT molecular complexity index is 1130. The number of hydrogen-bond donors (Lipinski definition) is 0. The molecule has 0 unspecified atom stereocenters. The Kier molecular flexibility index (Phi) is 5.20. The molecule has 2 heterocycles. The third-order valence-corrected chi connectivity index (χ3v) is 4.27. The van der Waals surface area contributed by atoms with E-state index in [4.69, 9.17) is 0 Å². The van der Waals surface area contributed by atoms with Gasteiger partial charge in [-0.05, 0) is 23.3 Å². The Hall–Kier alpha value is -3.80. The first-order chi connectivity index (χ1) is 13.8. The van der Waals surface area contributed by atoms with Crippen LogP contribution in [0.3, 0.4) is 0 Å². The zero-order valence-electron chi connectivity index (χ0n) is 15.2. The fourth-order valence-corrected chi connectivity index (χ4v) is 2.89. The van der Waals surface area contributed by atoms with E-state index < -0.39 is 5.91 Å². The predicted octanol–water partition coefficient (Wildman–Crippen LogP) is 2.92. The molecule has 138 valence electrons. The topological polar surface area (TPSA) is 65.1 Å². The number of pyridine rings is 1. The molecular formula is C22H19N5O. The van der Waals surface area contributed by atoms with Crippen LogP contribution in [0, 0.1) is 0 Å². The molecule has 0 saturated heterocycles. The van der Waals surface area contributed by atoms with Crippen LogP contribution in [0.5, 0.6) is 0 Å². The van der Waals surface area contributed by atoms with Crippen molar-refractivity contribution in [2.24, 2.45) is 4.99 Å². The fourth-order valence-electron chi connectivity index (χ4n) is 2.89. The van der Waals surface area contributed by atoms with Crippen molar-refractivity contribution in [2.75, 3.05) is 0 Å². The molecule has 0 atom stereocenters. The number of hydrogen-bond acceptors (Lipinski definition) is 3. The molecule has 0 aliphatic rings. The van der Waals surface area contributed by atoms with E-state index in [9.17, 15) is 4.79 Å². The molecule has 6 heteroatoms. The zero-order valence-corrected chi connectivity index (χ0v) is 15.2. The van der Waals surface area contributed by atoms with Gasteiger partial charge in [-0.1, -0.05) is 71.9 Å².